The number of nitrogens with one attached hydrogen (secondary N) is 1. The molecule has 0 saturated carbocycles. The van der Waals surface area contributed by atoms with Crippen molar-refractivity contribution in [1.29, 1.82) is 0 Å². The lowest BCUT2D eigenvalue weighted by Gasteiger charge is -2.08. The van der Waals surface area contributed by atoms with Gasteiger partial charge in [-0.15, -0.1) is 0 Å². The van der Waals surface area contributed by atoms with Crippen molar-refractivity contribution in [3.63, 3.8) is 0 Å². The van der Waals surface area contributed by atoms with E-state index in [9.17, 15) is 14.4 Å². The van der Waals surface area contributed by atoms with Crippen LogP contribution < -0.4 is 5.32 Å². The number of nitrogens with zero attached hydrogens (tertiary/aromatic N) is 1. The molecule has 6 nitrogen and oxygen atoms in total. The maximum atomic E-state index is 11.9. The number of amides is 2. The second-order valence-corrected chi connectivity index (χ2v) is 5.47. The van der Waals surface area contributed by atoms with E-state index in [1.807, 2.05) is 18.2 Å². The quantitative estimate of drug-likeness (QED) is 0.582. The highest BCUT2D eigenvalue weighted by molar-refractivity contribution is 5.96. The average molecular weight is 332 g/mol. The summed E-state index contributed by atoms with van der Waals surface area (Å²) in [5, 5.41) is 2.50. The van der Waals surface area contributed by atoms with Crippen molar-refractivity contribution in [3.8, 4) is 0 Å². The third-order valence-corrected chi connectivity index (χ3v) is 3.34. The van der Waals surface area contributed by atoms with Crippen molar-refractivity contribution < 1.29 is 19.1 Å². The number of carbonyl (C=O) groups excluding carboxylic acids is 3. The highest BCUT2D eigenvalue weighted by Crippen LogP contribution is 2.09. The molecule has 0 saturated heterocycles. The summed E-state index contributed by atoms with van der Waals surface area (Å²) < 4.78 is 4.48. The van der Waals surface area contributed by atoms with Gasteiger partial charge in [-0.05, 0) is 30.5 Å². The molecule has 1 N–H and O–H groups in total. The fraction of sp³-hybridized carbons (Fsp3) is 0.389. The Bertz CT molecular complexity index is 609. The third-order valence-electron chi connectivity index (χ3n) is 3.34. The number of methoxy groups -OCH3 is 1. The predicted molar refractivity (Wildman–Crippen MR) is 92.4 cm³/mol. The molecule has 6 heteroatoms. The molecule has 2 amide bonds. The van der Waals surface area contributed by atoms with E-state index in [1.165, 1.54) is 7.11 Å². The number of hydrogen-bond donors (Lipinski definition) is 1. The minimum atomic E-state index is -0.494. The molecule has 0 aromatic heterocycles. The molecule has 1 aromatic rings. The van der Waals surface area contributed by atoms with Gasteiger partial charge in [0.05, 0.1) is 7.11 Å². The molecule has 0 aliphatic rings. The third kappa shape index (κ3) is 7.09. The SMILES string of the molecule is COC(=O)CNC(=O)c1cccc(/C=C\CCCC(=O)N(C)C)c1. The van der Waals surface area contributed by atoms with Crippen LogP contribution in [-0.4, -0.2) is 50.4 Å². The van der Waals surface area contributed by atoms with Gasteiger partial charge in [-0.2, -0.15) is 0 Å². The molecule has 0 spiro atoms. The van der Waals surface area contributed by atoms with Crippen molar-refractivity contribution in [1.82, 2.24) is 10.2 Å². The van der Waals surface area contributed by atoms with Gasteiger partial charge in [0, 0.05) is 26.1 Å². The van der Waals surface area contributed by atoms with Crippen LogP contribution in [0.4, 0.5) is 0 Å². The molecular weight excluding hydrogens is 308 g/mol. The van der Waals surface area contributed by atoms with E-state index in [2.05, 4.69) is 10.1 Å². The fourth-order valence-electron chi connectivity index (χ4n) is 1.92. The molecule has 1 rings (SSSR count). The van der Waals surface area contributed by atoms with Crippen LogP contribution in [0.5, 0.6) is 0 Å². The standard InChI is InChI=1S/C18H24N2O4/c1-20(2)16(21)11-6-4-5-8-14-9-7-10-15(12-14)18(23)19-13-17(22)24-3/h5,7-10,12H,4,6,11,13H2,1-3H3,(H,19,23)/b8-5-. The summed E-state index contributed by atoms with van der Waals surface area (Å²) >= 11 is 0. The number of hydrogen-bond acceptors (Lipinski definition) is 4. The molecule has 24 heavy (non-hydrogen) atoms. The van der Waals surface area contributed by atoms with Gasteiger partial charge in [-0.25, -0.2) is 0 Å². The largest absolute Gasteiger partial charge is 0.468 e. The van der Waals surface area contributed by atoms with Gasteiger partial charge in [-0.3, -0.25) is 14.4 Å². The summed E-state index contributed by atoms with van der Waals surface area (Å²) in [4.78, 5) is 36.0. The van der Waals surface area contributed by atoms with E-state index in [4.69, 9.17) is 0 Å². The summed E-state index contributed by atoms with van der Waals surface area (Å²) in [5.41, 5.74) is 1.36. The zero-order valence-corrected chi connectivity index (χ0v) is 14.4. The van der Waals surface area contributed by atoms with Crippen molar-refractivity contribution in [2.24, 2.45) is 0 Å². The predicted octanol–water partition coefficient (Wildman–Crippen LogP) is 1.86. The first kappa shape index (κ1) is 19.4. The monoisotopic (exact) mass is 332 g/mol. The summed E-state index contributed by atoms with van der Waals surface area (Å²) in [6.45, 7) is -0.157. The molecule has 0 unspecified atom stereocenters. The van der Waals surface area contributed by atoms with E-state index >= 15 is 0 Å². The van der Waals surface area contributed by atoms with Crippen LogP contribution in [-0.2, 0) is 14.3 Å². The van der Waals surface area contributed by atoms with Crippen molar-refractivity contribution in [2.75, 3.05) is 27.7 Å². The first-order valence-corrected chi connectivity index (χ1v) is 7.76. The van der Waals surface area contributed by atoms with Crippen LogP contribution in [0.2, 0.25) is 0 Å². The molecule has 0 fully saturated rings. The molecule has 0 aliphatic carbocycles. The number of allylic oxidation sites excluding steroid dienone is 1. The number of benzene rings is 1. The smallest absolute Gasteiger partial charge is 0.325 e. The average Bonchev–Trinajstić information content (AvgIpc) is 2.58. The zero-order valence-electron chi connectivity index (χ0n) is 14.4. The summed E-state index contributed by atoms with van der Waals surface area (Å²) in [6, 6.07) is 7.09. The lowest BCUT2D eigenvalue weighted by Crippen LogP contribution is -2.30. The second-order valence-electron chi connectivity index (χ2n) is 5.47. The van der Waals surface area contributed by atoms with Crippen LogP contribution in [0.25, 0.3) is 6.08 Å². The highest BCUT2D eigenvalue weighted by Gasteiger charge is 2.08. The maximum Gasteiger partial charge on any atom is 0.325 e. The van der Waals surface area contributed by atoms with Crippen LogP contribution in [0.15, 0.2) is 30.3 Å². The zero-order chi connectivity index (χ0) is 17.9. The highest BCUT2D eigenvalue weighted by atomic mass is 16.5. The second kappa shape index (κ2) is 10.2. The topological polar surface area (TPSA) is 75.7 Å². The molecule has 0 radical (unpaired) electrons. The van der Waals surface area contributed by atoms with Crippen molar-refractivity contribution in [3.05, 3.63) is 41.5 Å². The Hall–Kier alpha value is -2.63. The minimum Gasteiger partial charge on any atom is -0.468 e. The van der Waals surface area contributed by atoms with Crippen LogP contribution in [0, 0.1) is 0 Å². The Balaban J connectivity index is 2.50. The summed E-state index contributed by atoms with van der Waals surface area (Å²) in [6.07, 6.45) is 5.99. The maximum absolute atomic E-state index is 11.9. The summed E-state index contributed by atoms with van der Waals surface area (Å²) in [7, 11) is 4.76. The van der Waals surface area contributed by atoms with Crippen LogP contribution >= 0.6 is 0 Å². The van der Waals surface area contributed by atoms with Crippen LogP contribution in [0.1, 0.15) is 35.2 Å². The number of esters is 1. The van der Waals surface area contributed by atoms with Gasteiger partial charge < -0.3 is 15.0 Å². The molecule has 1 aromatic carbocycles. The lowest BCUT2D eigenvalue weighted by atomic mass is 10.1. The molecule has 0 bridgehead atoms. The summed E-state index contributed by atoms with van der Waals surface area (Å²) in [5.74, 6) is -0.702. The molecule has 0 heterocycles. The Kier molecular flexibility index (Phi) is 8.25. The van der Waals surface area contributed by atoms with E-state index in [-0.39, 0.29) is 18.4 Å². The van der Waals surface area contributed by atoms with E-state index < -0.39 is 5.97 Å². The van der Waals surface area contributed by atoms with Crippen molar-refractivity contribution in [2.45, 2.75) is 19.3 Å². The Labute approximate surface area is 142 Å². The van der Waals surface area contributed by atoms with Crippen molar-refractivity contribution >= 4 is 23.9 Å². The van der Waals surface area contributed by atoms with Gasteiger partial charge in [0.25, 0.3) is 5.91 Å². The van der Waals surface area contributed by atoms with Gasteiger partial charge in [0.2, 0.25) is 5.91 Å². The first-order chi connectivity index (χ1) is 11.4. The number of ether oxygens (including phenoxy) is 1. The lowest BCUT2D eigenvalue weighted by molar-refractivity contribution is -0.139. The molecule has 0 atom stereocenters. The van der Waals surface area contributed by atoms with E-state index in [0.717, 1.165) is 18.4 Å². The normalized spacial score (nSPS) is 10.5. The minimum absolute atomic E-state index is 0.118. The number of carbonyl (C=O) groups is 3. The van der Waals surface area contributed by atoms with Gasteiger partial charge >= 0.3 is 5.97 Å². The Morgan fingerprint density at radius 3 is 2.67 bits per heavy atom. The van der Waals surface area contributed by atoms with E-state index in [0.29, 0.717) is 12.0 Å². The van der Waals surface area contributed by atoms with Gasteiger partial charge in [-0.1, -0.05) is 24.3 Å². The van der Waals surface area contributed by atoms with Gasteiger partial charge in [0.15, 0.2) is 0 Å². The Morgan fingerprint density at radius 1 is 1.25 bits per heavy atom. The number of unbranched alkanes of at least 4 members (excludes halogenated alkanes) is 1. The number of rotatable bonds is 8. The van der Waals surface area contributed by atoms with Crippen LogP contribution in [0.3, 0.4) is 0 Å². The Morgan fingerprint density at radius 2 is 2.00 bits per heavy atom. The molecular formula is C18H24N2O4. The first-order valence-electron chi connectivity index (χ1n) is 7.76. The molecule has 130 valence electrons. The van der Waals surface area contributed by atoms with Gasteiger partial charge in [0.1, 0.15) is 6.54 Å². The van der Waals surface area contributed by atoms with E-state index in [1.54, 1.807) is 37.2 Å². The fourth-order valence-corrected chi connectivity index (χ4v) is 1.92. The molecule has 0 aliphatic heterocycles.